The van der Waals surface area contributed by atoms with Gasteiger partial charge in [-0.15, -0.1) is 0 Å². The Morgan fingerprint density at radius 2 is 2.43 bits per heavy atom. The summed E-state index contributed by atoms with van der Waals surface area (Å²) in [4.78, 5) is 3.95. The molecule has 1 atom stereocenters. The van der Waals surface area contributed by atoms with Crippen molar-refractivity contribution in [2.45, 2.75) is 19.4 Å². The molecule has 0 amide bonds. The van der Waals surface area contributed by atoms with Crippen LogP contribution in [0.1, 0.15) is 25.0 Å². The van der Waals surface area contributed by atoms with E-state index in [0.29, 0.717) is 11.4 Å². The largest absolute Gasteiger partial charge is 0.398 e. The summed E-state index contributed by atoms with van der Waals surface area (Å²) in [6.45, 7) is 2.12. The van der Waals surface area contributed by atoms with E-state index in [4.69, 9.17) is 5.73 Å². The Morgan fingerprint density at radius 1 is 1.64 bits per heavy atom. The number of aliphatic hydroxyl groups is 1. The number of rotatable bonds is 5. The molecule has 1 aromatic rings. The fourth-order valence-electron chi connectivity index (χ4n) is 1.12. The summed E-state index contributed by atoms with van der Waals surface area (Å²) in [7, 11) is 0. The topological polar surface area (TPSA) is 59.1 Å². The third-order valence-corrected chi connectivity index (χ3v) is 3.12. The molecule has 0 saturated carbocycles. The zero-order chi connectivity index (χ0) is 10.4. The number of pyridine rings is 1. The Hall–Kier alpha value is -0.740. The molecule has 0 bridgehead atoms. The second-order valence-corrected chi connectivity index (χ2v) is 4.25. The van der Waals surface area contributed by atoms with Crippen molar-refractivity contribution in [2.75, 3.05) is 17.2 Å². The molecule has 0 aliphatic rings. The minimum absolute atomic E-state index is 0.500. The van der Waals surface area contributed by atoms with Crippen molar-refractivity contribution in [3.8, 4) is 0 Å². The van der Waals surface area contributed by atoms with Crippen molar-refractivity contribution >= 4 is 17.4 Å². The van der Waals surface area contributed by atoms with E-state index in [0.717, 1.165) is 17.7 Å². The molecule has 0 fully saturated rings. The Kier molecular flexibility index (Phi) is 4.76. The average molecular weight is 212 g/mol. The molecule has 78 valence electrons. The molecule has 3 nitrogen and oxygen atoms in total. The van der Waals surface area contributed by atoms with Gasteiger partial charge >= 0.3 is 0 Å². The summed E-state index contributed by atoms with van der Waals surface area (Å²) in [6.07, 6.45) is 3.89. The van der Waals surface area contributed by atoms with Crippen molar-refractivity contribution in [3.63, 3.8) is 0 Å². The van der Waals surface area contributed by atoms with Crippen LogP contribution in [0.3, 0.4) is 0 Å². The van der Waals surface area contributed by atoms with Gasteiger partial charge in [-0.05, 0) is 18.2 Å². The summed E-state index contributed by atoms with van der Waals surface area (Å²) in [5.74, 6) is 1.75. The van der Waals surface area contributed by atoms with Crippen LogP contribution in [0.2, 0.25) is 0 Å². The summed E-state index contributed by atoms with van der Waals surface area (Å²) in [5, 5.41) is 9.79. The van der Waals surface area contributed by atoms with Gasteiger partial charge in [-0.3, -0.25) is 4.98 Å². The standard InChI is InChI=1S/C10H16N2OS/c1-2-5-14-7-10(13)8-6-12-4-3-9(8)11/h3-4,6,10,13H,2,5,7H2,1H3,(H2,11,12). The first kappa shape index (κ1) is 11.3. The molecule has 0 aliphatic heterocycles. The van der Waals surface area contributed by atoms with Crippen LogP contribution >= 0.6 is 11.8 Å². The molecule has 3 N–H and O–H groups in total. The lowest BCUT2D eigenvalue weighted by molar-refractivity contribution is 0.204. The van der Waals surface area contributed by atoms with Gasteiger partial charge in [-0.25, -0.2) is 0 Å². The molecular formula is C10H16N2OS. The molecule has 0 aliphatic carbocycles. The monoisotopic (exact) mass is 212 g/mol. The highest BCUT2D eigenvalue weighted by Gasteiger charge is 2.10. The number of nitrogens with two attached hydrogens (primary N) is 1. The summed E-state index contributed by atoms with van der Waals surface area (Å²) >= 11 is 1.73. The lowest BCUT2D eigenvalue weighted by Crippen LogP contribution is -2.05. The number of nitrogens with zero attached hydrogens (tertiary/aromatic N) is 1. The number of nitrogen functional groups attached to an aromatic ring is 1. The zero-order valence-electron chi connectivity index (χ0n) is 8.31. The Morgan fingerprint density at radius 3 is 3.07 bits per heavy atom. The molecule has 1 heterocycles. The van der Waals surface area contributed by atoms with E-state index in [1.165, 1.54) is 0 Å². The van der Waals surface area contributed by atoms with Gasteiger partial charge in [0.15, 0.2) is 0 Å². The molecule has 0 aromatic carbocycles. The van der Waals surface area contributed by atoms with E-state index in [-0.39, 0.29) is 0 Å². The highest BCUT2D eigenvalue weighted by Crippen LogP contribution is 2.22. The van der Waals surface area contributed by atoms with Gasteiger partial charge < -0.3 is 10.8 Å². The van der Waals surface area contributed by atoms with Crippen LogP contribution in [0.5, 0.6) is 0 Å². The number of thioether (sulfide) groups is 1. The molecule has 0 saturated heterocycles. The normalized spacial score (nSPS) is 12.7. The van der Waals surface area contributed by atoms with E-state index in [1.54, 1.807) is 30.2 Å². The van der Waals surface area contributed by atoms with Gasteiger partial charge in [0.05, 0.1) is 6.10 Å². The van der Waals surface area contributed by atoms with E-state index in [2.05, 4.69) is 11.9 Å². The highest BCUT2D eigenvalue weighted by molar-refractivity contribution is 7.99. The average Bonchev–Trinajstić information content (AvgIpc) is 2.18. The fourth-order valence-corrected chi connectivity index (χ4v) is 1.98. The maximum absolute atomic E-state index is 9.79. The Labute approximate surface area is 88.7 Å². The predicted octanol–water partition coefficient (Wildman–Crippen LogP) is 1.84. The van der Waals surface area contributed by atoms with Crippen molar-refractivity contribution < 1.29 is 5.11 Å². The van der Waals surface area contributed by atoms with Crippen LogP contribution in [0.4, 0.5) is 5.69 Å². The van der Waals surface area contributed by atoms with E-state index in [1.807, 2.05) is 0 Å². The second-order valence-electron chi connectivity index (χ2n) is 3.10. The van der Waals surface area contributed by atoms with Gasteiger partial charge in [-0.1, -0.05) is 6.92 Å². The molecule has 0 spiro atoms. The van der Waals surface area contributed by atoms with Crippen molar-refractivity contribution in [1.82, 2.24) is 4.98 Å². The van der Waals surface area contributed by atoms with Crippen LogP contribution in [0.25, 0.3) is 0 Å². The number of aromatic nitrogens is 1. The minimum Gasteiger partial charge on any atom is -0.398 e. The lowest BCUT2D eigenvalue weighted by atomic mass is 10.1. The van der Waals surface area contributed by atoms with E-state index >= 15 is 0 Å². The van der Waals surface area contributed by atoms with Crippen molar-refractivity contribution in [2.24, 2.45) is 0 Å². The molecule has 4 heteroatoms. The zero-order valence-corrected chi connectivity index (χ0v) is 9.13. The SMILES string of the molecule is CCCSCC(O)c1cnccc1N. The van der Waals surface area contributed by atoms with Gasteiger partial charge in [0.2, 0.25) is 0 Å². The van der Waals surface area contributed by atoms with Crippen LogP contribution in [0.15, 0.2) is 18.5 Å². The number of anilines is 1. The van der Waals surface area contributed by atoms with E-state index < -0.39 is 6.10 Å². The van der Waals surface area contributed by atoms with Crippen LogP contribution in [0, 0.1) is 0 Å². The Balaban J connectivity index is 2.51. The van der Waals surface area contributed by atoms with Gasteiger partial charge in [0.25, 0.3) is 0 Å². The molecular weight excluding hydrogens is 196 g/mol. The number of hydrogen-bond donors (Lipinski definition) is 2. The van der Waals surface area contributed by atoms with Crippen LogP contribution in [-0.2, 0) is 0 Å². The van der Waals surface area contributed by atoms with E-state index in [9.17, 15) is 5.11 Å². The van der Waals surface area contributed by atoms with Gasteiger partial charge in [0, 0.05) is 29.4 Å². The molecule has 1 unspecified atom stereocenters. The molecule has 14 heavy (non-hydrogen) atoms. The molecule has 0 radical (unpaired) electrons. The maximum Gasteiger partial charge on any atom is 0.0915 e. The molecule has 1 rings (SSSR count). The Bertz CT molecular complexity index is 281. The fraction of sp³-hybridized carbons (Fsp3) is 0.500. The number of hydrogen-bond acceptors (Lipinski definition) is 4. The first-order valence-electron chi connectivity index (χ1n) is 4.71. The predicted molar refractivity (Wildman–Crippen MR) is 61.2 cm³/mol. The third-order valence-electron chi connectivity index (χ3n) is 1.87. The van der Waals surface area contributed by atoms with Crippen LogP contribution < -0.4 is 5.73 Å². The third kappa shape index (κ3) is 3.20. The smallest absolute Gasteiger partial charge is 0.0915 e. The summed E-state index contributed by atoms with van der Waals surface area (Å²) in [6, 6.07) is 1.71. The quantitative estimate of drug-likeness (QED) is 0.731. The first-order chi connectivity index (χ1) is 6.75. The first-order valence-corrected chi connectivity index (χ1v) is 5.86. The second kappa shape index (κ2) is 5.88. The van der Waals surface area contributed by atoms with Gasteiger partial charge in [0.1, 0.15) is 0 Å². The summed E-state index contributed by atoms with van der Waals surface area (Å²) < 4.78 is 0. The lowest BCUT2D eigenvalue weighted by Gasteiger charge is -2.11. The van der Waals surface area contributed by atoms with Crippen LogP contribution in [-0.4, -0.2) is 21.6 Å². The minimum atomic E-state index is -0.500. The molecule has 1 aromatic heterocycles. The van der Waals surface area contributed by atoms with Crippen molar-refractivity contribution in [3.05, 3.63) is 24.0 Å². The summed E-state index contributed by atoms with van der Waals surface area (Å²) in [5.41, 5.74) is 7.06. The van der Waals surface area contributed by atoms with Crippen molar-refractivity contribution in [1.29, 1.82) is 0 Å². The number of aliphatic hydroxyl groups excluding tert-OH is 1. The highest BCUT2D eigenvalue weighted by atomic mass is 32.2. The van der Waals surface area contributed by atoms with Gasteiger partial charge in [-0.2, -0.15) is 11.8 Å². The maximum atomic E-state index is 9.79.